The van der Waals surface area contributed by atoms with Crippen molar-refractivity contribution in [1.82, 2.24) is 10.2 Å². The first-order valence-electron chi connectivity index (χ1n) is 12.5. The smallest absolute Gasteiger partial charge is 0.265 e. The van der Waals surface area contributed by atoms with E-state index in [1.54, 1.807) is 17.0 Å². The van der Waals surface area contributed by atoms with Crippen molar-refractivity contribution >= 4 is 46.9 Å². The lowest BCUT2D eigenvalue weighted by molar-refractivity contribution is -0.122. The molecule has 2 amide bonds. The minimum atomic E-state index is -0.201. The summed E-state index contributed by atoms with van der Waals surface area (Å²) in [5.41, 5.74) is 2.80. The number of carbonyl (C=O) groups is 2. The summed E-state index contributed by atoms with van der Waals surface area (Å²) < 4.78 is 0. The normalized spacial score (nSPS) is 14.4. The molecule has 0 saturated heterocycles. The quantitative estimate of drug-likeness (QED) is 0.248. The van der Waals surface area contributed by atoms with E-state index in [0.717, 1.165) is 35.7 Å². The number of amides is 2. The maximum absolute atomic E-state index is 13.4. The minimum Gasteiger partial charge on any atom is -0.355 e. The second kappa shape index (κ2) is 13.0. The molecular weight excluding hydrogens is 502 g/mol. The molecule has 0 radical (unpaired) electrons. The largest absolute Gasteiger partial charge is 0.355 e. The lowest BCUT2D eigenvalue weighted by Crippen LogP contribution is -2.43. The van der Waals surface area contributed by atoms with Gasteiger partial charge in [0.05, 0.1) is 10.6 Å². The Morgan fingerprint density at radius 3 is 2.49 bits per heavy atom. The fourth-order valence-corrected chi connectivity index (χ4v) is 5.44. The van der Waals surface area contributed by atoms with E-state index in [0.29, 0.717) is 22.5 Å². The number of nitrogens with zero attached hydrogens (tertiary/aromatic N) is 2. The van der Waals surface area contributed by atoms with Crippen LogP contribution in [0.25, 0.3) is 6.08 Å². The molecule has 1 aliphatic heterocycles. The van der Waals surface area contributed by atoms with Crippen LogP contribution < -0.4 is 10.2 Å². The standard InChI is InChI=1S/C30H32ClN3O2S/c1-22(2)33(20-23-11-4-3-5-12-23)18-10-17-32-29(35)21-34-26-15-8-9-16-27(26)37-28(30(34)36)19-24-13-6-7-14-25(24)31/h3-9,11-16,19,22H,10,17-18,20-21H2,1-2H3,(H,32,35). The molecule has 0 unspecified atom stereocenters. The van der Waals surface area contributed by atoms with Gasteiger partial charge in [-0.25, -0.2) is 0 Å². The average molecular weight is 534 g/mol. The summed E-state index contributed by atoms with van der Waals surface area (Å²) >= 11 is 7.73. The van der Waals surface area contributed by atoms with Gasteiger partial charge in [0.25, 0.3) is 5.91 Å². The molecule has 37 heavy (non-hydrogen) atoms. The molecule has 5 nitrogen and oxygen atoms in total. The van der Waals surface area contributed by atoms with Crippen molar-refractivity contribution in [2.24, 2.45) is 0 Å². The van der Waals surface area contributed by atoms with E-state index in [-0.39, 0.29) is 18.4 Å². The molecule has 0 aliphatic carbocycles. The number of hydrogen-bond acceptors (Lipinski definition) is 4. The van der Waals surface area contributed by atoms with Crippen LogP contribution in [0.4, 0.5) is 5.69 Å². The molecule has 0 spiro atoms. The highest BCUT2D eigenvalue weighted by atomic mass is 35.5. The number of nitrogens with one attached hydrogen (secondary N) is 1. The zero-order valence-corrected chi connectivity index (χ0v) is 22.8. The molecule has 0 atom stereocenters. The first kappa shape index (κ1) is 27.0. The van der Waals surface area contributed by atoms with Crippen LogP contribution in [-0.4, -0.2) is 42.4 Å². The zero-order valence-electron chi connectivity index (χ0n) is 21.2. The monoisotopic (exact) mass is 533 g/mol. The van der Waals surface area contributed by atoms with Crippen molar-refractivity contribution in [2.45, 2.75) is 37.8 Å². The van der Waals surface area contributed by atoms with Crippen molar-refractivity contribution in [3.8, 4) is 0 Å². The van der Waals surface area contributed by atoms with E-state index in [2.05, 4.69) is 48.3 Å². The topological polar surface area (TPSA) is 52.7 Å². The SMILES string of the molecule is CC(C)N(CCCNC(=O)CN1C(=O)C(=Cc2ccccc2Cl)Sc2ccccc21)Cc1ccccc1. The predicted molar refractivity (Wildman–Crippen MR) is 154 cm³/mol. The van der Waals surface area contributed by atoms with Crippen molar-refractivity contribution in [3.63, 3.8) is 0 Å². The van der Waals surface area contributed by atoms with E-state index in [9.17, 15) is 9.59 Å². The Morgan fingerprint density at radius 2 is 1.73 bits per heavy atom. The van der Waals surface area contributed by atoms with Gasteiger partial charge in [0, 0.05) is 35.6 Å². The third kappa shape index (κ3) is 7.25. The number of anilines is 1. The van der Waals surface area contributed by atoms with Crippen molar-refractivity contribution in [1.29, 1.82) is 0 Å². The average Bonchev–Trinajstić information content (AvgIpc) is 2.90. The van der Waals surface area contributed by atoms with E-state index < -0.39 is 0 Å². The number of hydrogen-bond donors (Lipinski definition) is 1. The molecule has 3 aromatic carbocycles. The Morgan fingerprint density at radius 1 is 1.03 bits per heavy atom. The van der Waals surface area contributed by atoms with Gasteiger partial charge in [-0.3, -0.25) is 19.4 Å². The van der Waals surface area contributed by atoms with E-state index in [1.807, 2.05) is 48.5 Å². The summed E-state index contributed by atoms with van der Waals surface area (Å²) in [6, 6.07) is 25.9. The van der Waals surface area contributed by atoms with Crippen LogP contribution in [-0.2, 0) is 16.1 Å². The maximum atomic E-state index is 13.4. The first-order chi connectivity index (χ1) is 17.9. The van der Waals surface area contributed by atoms with Crippen LogP contribution in [0.15, 0.2) is 88.7 Å². The van der Waals surface area contributed by atoms with Gasteiger partial charge in [-0.15, -0.1) is 0 Å². The maximum Gasteiger partial charge on any atom is 0.265 e. The first-order valence-corrected chi connectivity index (χ1v) is 13.7. The van der Waals surface area contributed by atoms with Gasteiger partial charge in [0.2, 0.25) is 5.91 Å². The Hall–Kier alpha value is -3.06. The van der Waals surface area contributed by atoms with Crippen LogP contribution in [0.5, 0.6) is 0 Å². The molecule has 192 valence electrons. The summed E-state index contributed by atoms with van der Waals surface area (Å²) in [4.78, 5) is 31.7. The van der Waals surface area contributed by atoms with Crippen molar-refractivity contribution < 1.29 is 9.59 Å². The Balaban J connectivity index is 1.37. The van der Waals surface area contributed by atoms with Crippen LogP contribution >= 0.6 is 23.4 Å². The number of halogens is 1. The molecule has 4 rings (SSSR count). The Bertz CT molecular complexity index is 1260. The molecule has 0 aromatic heterocycles. The zero-order chi connectivity index (χ0) is 26.2. The number of carbonyl (C=O) groups excluding carboxylic acids is 2. The summed E-state index contributed by atoms with van der Waals surface area (Å²) in [7, 11) is 0. The summed E-state index contributed by atoms with van der Waals surface area (Å²) in [5, 5.41) is 3.58. The molecule has 1 N–H and O–H groups in total. The highest BCUT2D eigenvalue weighted by Gasteiger charge is 2.30. The lowest BCUT2D eigenvalue weighted by atomic mass is 10.2. The minimum absolute atomic E-state index is 0.0336. The number of rotatable bonds is 10. The second-order valence-electron chi connectivity index (χ2n) is 9.24. The van der Waals surface area contributed by atoms with Gasteiger partial charge in [0.1, 0.15) is 6.54 Å². The number of para-hydroxylation sites is 1. The van der Waals surface area contributed by atoms with Gasteiger partial charge in [-0.05, 0) is 55.7 Å². The van der Waals surface area contributed by atoms with E-state index in [1.165, 1.54) is 17.3 Å². The lowest BCUT2D eigenvalue weighted by Gasteiger charge is -2.30. The van der Waals surface area contributed by atoms with Crippen LogP contribution in [0.1, 0.15) is 31.4 Å². The van der Waals surface area contributed by atoms with E-state index >= 15 is 0 Å². The van der Waals surface area contributed by atoms with Crippen molar-refractivity contribution in [3.05, 3.63) is 99.9 Å². The Kier molecular flexibility index (Phi) is 9.45. The second-order valence-corrected chi connectivity index (χ2v) is 10.7. The van der Waals surface area contributed by atoms with Gasteiger partial charge in [-0.1, -0.05) is 84.0 Å². The number of fused-ring (bicyclic) bond motifs is 1. The van der Waals surface area contributed by atoms with Crippen LogP contribution in [0.2, 0.25) is 5.02 Å². The summed E-state index contributed by atoms with van der Waals surface area (Å²) in [6.45, 7) is 6.65. The van der Waals surface area contributed by atoms with E-state index in [4.69, 9.17) is 11.6 Å². The third-order valence-electron chi connectivity index (χ3n) is 6.23. The summed E-state index contributed by atoms with van der Waals surface area (Å²) in [5.74, 6) is -0.376. The van der Waals surface area contributed by atoms with Crippen LogP contribution in [0, 0.1) is 0 Å². The number of benzene rings is 3. The van der Waals surface area contributed by atoms with Gasteiger partial charge >= 0.3 is 0 Å². The highest BCUT2D eigenvalue weighted by molar-refractivity contribution is 8.04. The van der Waals surface area contributed by atoms with Gasteiger partial charge < -0.3 is 5.32 Å². The molecule has 0 bridgehead atoms. The molecular formula is C30H32ClN3O2S. The molecule has 1 heterocycles. The van der Waals surface area contributed by atoms with Crippen molar-refractivity contribution in [2.75, 3.05) is 24.5 Å². The molecule has 7 heteroatoms. The number of thioether (sulfide) groups is 1. The fraction of sp³-hybridized carbons (Fsp3) is 0.267. The predicted octanol–water partition coefficient (Wildman–Crippen LogP) is 6.24. The molecule has 1 aliphatic rings. The third-order valence-corrected chi connectivity index (χ3v) is 7.65. The Labute approximate surface area is 228 Å². The highest BCUT2D eigenvalue weighted by Crippen LogP contribution is 2.42. The fourth-order valence-electron chi connectivity index (χ4n) is 4.20. The summed E-state index contributed by atoms with van der Waals surface area (Å²) in [6.07, 6.45) is 2.62. The van der Waals surface area contributed by atoms with Crippen LogP contribution in [0.3, 0.4) is 0 Å². The molecule has 0 fully saturated rings. The molecule has 0 saturated carbocycles. The molecule has 3 aromatic rings. The van der Waals surface area contributed by atoms with Gasteiger partial charge in [-0.2, -0.15) is 0 Å². The van der Waals surface area contributed by atoms with Gasteiger partial charge in [0.15, 0.2) is 0 Å².